The number of unbranched alkanes of at least 4 members (excludes halogenated alkanes) is 1. The second-order valence-electron chi connectivity index (χ2n) is 3.69. The van der Waals surface area contributed by atoms with Crippen molar-refractivity contribution < 1.29 is 9.47 Å². The Kier molecular flexibility index (Phi) is 5.65. The molecule has 0 saturated heterocycles. The first-order valence-electron chi connectivity index (χ1n) is 5.77. The maximum atomic E-state index is 5.63. The summed E-state index contributed by atoms with van der Waals surface area (Å²) in [4.78, 5) is 0. The Balaban J connectivity index is 2.42. The highest BCUT2D eigenvalue weighted by Crippen LogP contribution is 2.15. The molecule has 88 valence electrons. The minimum absolute atomic E-state index is 0.202. The SMILES string of the molecule is C=Cc1cccc(OC(C)OCCCC)c1. The van der Waals surface area contributed by atoms with Gasteiger partial charge in [-0.25, -0.2) is 0 Å². The van der Waals surface area contributed by atoms with Crippen molar-refractivity contribution in [2.75, 3.05) is 6.61 Å². The van der Waals surface area contributed by atoms with E-state index in [0.717, 1.165) is 30.8 Å². The molecule has 0 aromatic heterocycles. The Bertz CT molecular complexity index is 320. The molecule has 0 N–H and O–H groups in total. The maximum absolute atomic E-state index is 5.63. The van der Waals surface area contributed by atoms with E-state index in [1.807, 2.05) is 31.2 Å². The molecule has 2 nitrogen and oxygen atoms in total. The van der Waals surface area contributed by atoms with Gasteiger partial charge in [0, 0.05) is 0 Å². The molecule has 16 heavy (non-hydrogen) atoms. The third-order valence-electron chi connectivity index (χ3n) is 2.25. The molecule has 1 aromatic rings. The number of benzene rings is 1. The predicted octanol–water partition coefficient (Wildman–Crippen LogP) is 3.87. The lowest BCUT2D eigenvalue weighted by Crippen LogP contribution is -2.16. The Morgan fingerprint density at radius 1 is 1.44 bits per heavy atom. The summed E-state index contributed by atoms with van der Waals surface area (Å²) in [6.45, 7) is 8.53. The Hall–Kier alpha value is -1.28. The smallest absolute Gasteiger partial charge is 0.196 e. The summed E-state index contributed by atoms with van der Waals surface area (Å²) in [5.74, 6) is 0.821. The summed E-state index contributed by atoms with van der Waals surface area (Å²) >= 11 is 0. The van der Waals surface area contributed by atoms with E-state index < -0.39 is 0 Å². The van der Waals surface area contributed by atoms with Crippen molar-refractivity contribution >= 4 is 6.08 Å². The van der Waals surface area contributed by atoms with E-state index in [9.17, 15) is 0 Å². The zero-order valence-corrected chi connectivity index (χ0v) is 10.1. The van der Waals surface area contributed by atoms with E-state index in [1.54, 1.807) is 6.08 Å². The number of hydrogen-bond acceptors (Lipinski definition) is 2. The standard InChI is InChI=1S/C14H20O2/c1-4-6-10-15-12(3)16-14-9-7-8-13(5-2)11-14/h5,7-9,11-12H,2,4,6,10H2,1,3H3. The predicted molar refractivity (Wildman–Crippen MR) is 67.5 cm³/mol. The number of ether oxygens (including phenoxy) is 2. The summed E-state index contributed by atoms with van der Waals surface area (Å²) < 4.78 is 11.1. The molecule has 0 amide bonds. The van der Waals surface area contributed by atoms with Crippen LogP contribution in [0.2, 0.25) is 0 Å². The molecule has 2 heteroatoms. The van der Waals surface area contributed by atoms with Crippen molar-refractivity contribution in [1.29, 1.82) is 0 Å². The van der Waals surface area contributed by atoms with E-state index in [2.05, 4.69) is 13.5 Å². The summed E-state index contributed by atoms with van der Waals surface area (Å²) in [6, 6.07) is 7.81. The fourth-order valence-electron chi connectivity index (χ4n) is 1.33. The Labute approximate surface area is 97.9 Å². The monoisotopic (exact) mass is 220 g/mol. The fraction of sp³-hybridized carbons (Fsp3) is 0.429. The van der Waals surface area contributed by atoms with E-state index in [4.69, 9.17) is 9.47 Å². The first-order valence-corrected chi connectivity index (χ1v) is 5.77. The largest absolute Gasteiger partial charge is 0.465 e. The van der Waals surface area contributed by atoms with E-state index in [1.165, 1.54) is 0 Å². The van der Waals surface area contributed by atoms with Crippen molar-refractivity contribution in [2.45, 2.75) is 33.0 Å². The summed E-state index contributed by atoms with van der Waals surface area (Å²) in [7, 11) is 0. The molecule has 1 rings (SSSR count). The van der Waals surface area contributed by atoms with Crippen molar-refractivity contribution in [3.05, 3.63) is 36.4 Å². The highest BCUT2D eigenvalue weighted by atomic mass is 16.7. The normalized spacial score (nSPS) is 12.1. The van der Waals surface area contributed by atoms with Crippen LogP contribution < -0.4 is 4.74 Å². The first kappa shape index (κ1) is 12.8. The number of hydrogen-bond donors (Lipinski definition) is 0. The summed E-state index contributed by atoms with van der Waals surface area (Å²) in [5.41, 5.74) is 1.05. The Morgan fingerprint density at radius 3 is 2.94 bits per heavy atom. The second-order valence-corrected chi connectivity index (χ2v) is 3.69. The highest BCUT2D eigenvalue weighted by molar-refractivity contribution is 5.49. The van der Waals surface area contributed by atoms with Gasteiger partial charge in [-0.05, 0) is 31.0 Å². The van der Waals surface area contributed by atoms with Gasteiger partial charge in [0.15, 0.2) is 6.29 Å². The van der Waals surface area contributed by atoms with Gasteiger partial charge in [-0.2, -0.15) is 0 Å². The fourth-order valence-corrected chi connectivity index (χ4v) is 1.33. The zero-order chi connectivity index (χ0) is 11.8. The molecule has 0 aliphatic carbocycles. The molecule has 0 saturated carbocycles. The van der Waals surface area contributed by atoms with Crippen molar-refractivity contribution in [2.24, 2.45) is 0 Å². The third-order valence-corrected chi connectivity index (χ3v) is 2.25. The average molecular weight is 220 g/mol. The average Bonchev–Trinajstić information content (AvgIpc) is 2.29. The molecule has 1 unspecified atom stereocenters. The molecule has 0 aliphatic rings. The van der Waals surface area contributed by atoms with Crippen LogP contribution in [-0.2, 0) is 4.74 Å². The first-order chi connectivity index (χ1) is 7.76. The highest BCUT2D eigenvalue weighted by Gasteiger charge is 2.03. The minimum atomic E-state index is -0.202. The van der Waals surface area contributed by atoms with Gasteiger partial charge < -0.3 is 9.47 Å². The summed E-state index contributed by atoms with van der Waals surface area (Å²) in [6.07, 6.45) is 3.81. The van der Waals surface area contributed by atoms with Crippen LogP contribution in [0.4, 0.5) is 0 Å². The van der Waals surface area contributed by atoms with Crippen LogP contribution in [0.3, 0.4) is 0 Å². The van der Waals surface area contributed by atoms with Crippen molar-refractivity contribution in [3.8, 4) is 5.75 Å². The van der Waals surface area contributed by atoms with Gasteiger partial charge in [-0.15, -0.1) is 0 Å². The van der Waals surface area contributed by atoms with Gasteiger partial charge in [-0.1, -0.05) is 38.1 Å². The lowest BCUT2D eigenvalue weighted by Gasteiger charge is -2.15. The van der Waals surface area contributed by atoms with Crippen LogP contribution in [0.25, 0.3) is 6.08 Å². The van der Waals surface area contributed by atoms with Gasteiger partial charge in [0.25, 0.3) is 0 Å². The molecule has 0 aliphatic heterocycles. The maximum Gasteiger partial charge on any atom is 0.196 e. The van der Waals surface area contributed by atoms with Crippen molar-refractivity contribution in [1.82, 2.24) is 0 Å². The van der Waals surface area contributed by atoms with E-state index in [0.29, 0.717) is 0 Å². The molecule has 0 heterocycles. The van der Waals surface area contributed by atoms with Gasteiger partial charge in [-0.3, -0.25) is 0 Å². The number of rotatable bonds is 7. The molecule has 0 bridgehead atoms. The van der Waals surface area contributed by atoms with Crippen LogP contribution in [0.15, 0.2) is 30.8 Å². The molecule has 1 atom stereocenters. The summed E-state index contributed by atoms with van der Waals surface area (Å²) in [5, 5.41) is 0. The van der Waals surface area contributed by atoms with E-state index in [-0.39, 0.29) is 6.29 Å². The second kappa shape index (κ2) is 7.07. The molecule has 0 radical (unpaired) electrons. The molecule has 0 spiro atoms. The molecule has 0 fully saturated rings. The van der Waals surface area contributed by atoms with Crippen LogP contribution in [0, 0.1) is 0 Å². The van der Waals surface area contributed by atoms with E-state index >= 15 is 0 Å². The molecule has 1 aromatic carbocycles. The Morgan fingerprint density at radius 2 is 2.25 bits per heavy atom. The lowest BCUT2D eigenvalue weighted by molar-refractivity contribution is -0.0673. The molecular formula is C14H20O2. The lowest BCUT2D eigenvalue weighted by atomic mass is 10.2. The topological polar surface area (TPSA) is 18.5 Å². The third kappa shape index (κ3) is 4.49. The van der Waals surface area contributed by atoms with Gasteiger partial charge >= 0.3 is 0 Å². The van der Waals surface area contributed by atoms with Crippen LogP contribution in [0.1, 0.15) is 32.3 Å². The minimum Gasteiger partial charge on any atom is -0.465 e. The van der Waals surface area contributed by atoms with Crippen molar-refractivity contribution in [3.63, 3.8) is 0 Å². The van der Waals surface area contributed by atoms with Gasteiger partial charge in [0.1, 0.15) is 5.75 Å². The molecular weight excluding hydrogens is 200 g/mol. The van der Waals surface area contributed by atoms with Crippen LogP contribution in [0.5, 0.6) is 5.75 Å². The quantitative estimate of drug-likeness (QED) is 0.513. The van der Waals surface area contributed by atoms with Gasteiger partial charge in [0.05, 0.1) is 6.61 Å². The van der Waals surface area contributed by atoms with Crippen LogP contribution in [-0.4, -0.2) is 12.9 Å². The van der Waals surface area contributed by atoms with Gasteiger partial charge in [0.2, 0.25) is 0 Å². The zero-order valence-electron chi connectivity index (χ0n) is 10.1. The van der Waals surface area contributed by atoms with Crippen LogP contribution >= 0.6 is 0 Å².